The summed E-state index contributed by atoms with van der Waals surface area (Å²) < 4.78 is 40.9. The van der Waals surface area contributed by atoms with Crippen LogP contribution in [0.15, 0.2) is 36.5 Å². The number of aromatic nitrogens is 3. The predicted molar refractivity (Wildman–Crippen MR) is 119 cm³/mol. The SMILES string of the molecule is CC(C)c1cc2nn([C@H]3CC[C@H](CO)CC3)cc2cc1NC(=O)c1cccc(C(F)(F)F)n1. The Balaban J connectivity index is 1.62. The first-order valence-corrected chi connectivity index (χ1v) is 11.1. The van der Waals surface area contributed by atoms with Gasteiger partial charge in [-0.1, -0.05) is 19.9 Å². The third-order valence-corrected chi connectivity index (χ3v) is 6.28. The molecule has 1 aliphatic rings. The van der Waals surface area contributed by atoms with E-state index in [2.05, 4.69) is 10.3 Å². The molecule has 0 radical (unpaired) electrons. The van der Waals surface area contributed by atoms with E-state index in [1.165, 1.54) is 12.1 Å². The van der Waals surface area contributed by atoms with Gasteiger partial charge in [-0.25, -0.2) is 4.98 Å². The fourth-order valence-corrected chi connectivity index (χ4v) is 4.38. The standard InChI is InChI=1S/C24H27F3N4O2/c1-14(2)18-11-20-16(12-31(30-20)17-8-6-15(13-32)7-9-17)10-21(18)29-23(33)19-4-3-5-22(28-19)24(25,26)27/h3-5,10-12,14-15,17,32H,6-9,13H2,1-2H3,(H,29,33)/t15-,17-. The lowest BCUT2D eigenvalue weighted by Gasteiger charge is -2.27. The Morgan fingerprint density at radius 2 is 1.94 bits per heavy atom. The lowest BCUT2D eigenvalue weighted by molar-refractivity contribution is -0.141. The minimum absolute atomic E-state index is 0.0595. The molecule has 0 atom stereocenters. The molecule has 3 aromatic rings. The van der Waals surface area contributed by atoms with Gasteiger partial charge in [0, 0.05) is 23.9 Å². The average molecular weight is 461 g/mol. The first kappa shape index (κ1) is 23.2. The summed E-state index contributed by atoms with van der Waals surface area (Å²) in [5, 5.41) is 17.7. The molecule has 6 nitrogen and oxygen atoms in total. The minimum atomic E-state index is -4.62. The number of rotatable bonds is 5. The number of carbonyl (C=O) groups excluding carboxylic acids is 1. The number of fused-ring (bicyclic) bond motifs is 1. The van der Waals surface area contributed by atoms with Crippen molar-refractivity contribution in [3.8, 4) is 0 Å². The van der Waals surface area contributed by atoms with Crippen LogP contribution in [0.4, 0.5) is 18.9 Å². The number of amides is 1. The topological polar surface area (TPSA) is 80.0 Å². The van der Waals surface area contributed by atoms with Crippen LogP contribution in [0, 0.1) is 5.92 Å². The summed E-state index contributed by atoms with van der Waals surface area (Å²) in [5.41, 5.74) is 0.781. The van der Waals surface area contributed by atoms with Crippen molar-refractivity contribution in [2.45, 2.75) is 57.7 Å². The molecule has 9 heteroatoms. The second-order valence-electron chi connectivity index (χ2n) is 8.98. The van der Waals surface area contributed by atoms with Crippen LogP contribution in [0.3, 0.4) is 0 Å². The number of pyridine rings is 1. The second-order valence-corrected chi connectivity index (χ2v) is 8.98. The minimum Gasteiger partial charge on any atom is -0.396 e. The number of benzene rings is 1. The summed E-state index contributed by atoms with van der Waals surface area (Å²) in [4.78, 5) is 16.2. The van der Waals surface area contributed by atoms with Crippen LogP contribution in [0.25, 0.3) is 10.9 Å². The number of alkyl halides is 3. The number of aliphatic hydroxyl groups is 1. The van der Waals surface area contributed by atoms with E-state index in [0.29, 0.717) is 11.6 Å². The molecule has 2 N–H and O–H groups in total. The van der Waals surface area contributed by atoms with Crippen molar-refractivity contribution in [3.05, 3.63) is 53.5 Å². The Bertz CT molecular complexity index is 1150. The molecule has 2 aromatic heterocycles. The molecule has 0 aliphatic heterocycles. The van der Waals surface area contributed by atoms with Crippen LogP contribution in [-0.4, -0.2) is 32.4 Å². The van der Waals surface area contributed by atoms with Crippen LogP contribution in [0.1, 0.15) is 73.2 Å². The fraction of sp³-hybridized carbons (Fsp3) is 0.458. The molecule has 33 heavy (non-hydrogen) atoms. The van der Waals surface area contributed by atoms with Gasteiger partial charge in [-0.2, -0.15) is 18.3 Å². The van der Waals surface area contributed by atoms with Gasteiger partial charge in [0.05, 0.1) is 11.6 Å². The van der Waals surface area contributed by atoms with Gasteiger partial charge < -0.3 is 10.4 Å². The van der Waals surface area contributed by atoms with Gasteiger partial charge in [0.25, 0.3) is 5.91 Å². The maximum Gasteiger partial charge on any atom is 0.433 e. The van der Waals surface area contributed by atoms with Gasteiger partial charge in [-0.15, -0.1) is 0 Å². The molecule has 1 saturated carbocycles. The summed E-state index contributed by atoms with van der Waals surface area (Å²) in [6.07, 6.45) is 1.13. The summed E-state index contributed by atoms with van der Waals surface area (Å²) >= 11 is 0. The number of aliphatic hydroxyl groups excluding tert-OH is 1. The number of halogens is 3. The molecule has 1 aromatic carbocycles. The Morgan fingerprint density at radius 1 is 1.21 bits per heavy atom. The van der Waals surface area contributed by atoms with Gasteiger partial charge in [-0.05, 0) is 67.3 Å². The van der Waals surface area contributed by atoms with E-state index in [-0.39, 0.29) is 24.3 Å². The molecular formula is C24H27F3N4O2. The normalized spacial score (nSPS) is 19.2. The highest BCUT2D eigenvalue weighted by molar-refractivity contribution is 6.04. The Hall–Kier alpha value is -2.94. The summed E-state index contributed by atoms with van der Waals surface area (Å²) in [6.45, 7) is 4.17. The molecule has 0 unspecified atom stereocenters. The van der Waals surface area contributed by atoms with Gasteiger partial charge >= 0.3 is 6.18 Å². The number of hydrogen-bond donors (Lipinski definition) is 2. The van der Waals surface area contributed by atoms with Crippen LogP contribution in [-0.2, 0) is 6.18 Å². The van der Waals surface area contributed by atoms with E-state index in [4.69, 9.17) is 5.10 Å². The largest absolute Gasteiger partial charge is 0.433 e. The lowest BCUT2D eigenvalue weighted by Crippen LogP contribution is -2.20. The molecule has 4 rings (SSSR count). The van der Waals surface area contributed by atoms with Crippen molar-refractivity contribution >= 4 is 22.5 Å². The van der Waals surface area contributed by atoms with Gasteiger partial charge in [0.1, 0.15) is 11.4 Å². The van der Waals surface area contributed by atoms with E-state index in [1.54, 1.807) is 0 Å². The van der Waals surface area contributed by atoms with Crippen LogP contribution in [0.5, 0.6) is 0 Å². The Labute approximate surface area is 189 Å². The maximum absolute atomic E-state index is 13.0. The lowest BCUT2D eigenvalue weighted by atomic mass is 9.87. The summed E-state index contributed by atoms with van der Waals surface area (Å²) in [7, 11) is 0. The third-order valence-electron chi connectivity index (χ3n) is 6.28. The maximum atomic E-state index is 13.0. The molecule has 1 fully saturated rings. The number of nitrogens with zero attached hydrogens (tertiary/aromatic N) is 3. The third kappa shape index (κ3) is 5.03. The number of nitrogens with one attached hydrogen (secondary N) is 1. The van der Waals surface area contributed by atoms with E-state index < -0.39 is 17.8 Å². The number of anilines is 1. The van der Waals surface area contributed by atoms with Crippen molar-refractivity contribution in [2.24, 2.45) is 5.92 Å². The Morgan fingerprint density at radius 3 is 2.58 bits per heavy atom. The zero-order valence-corrected chi connectivity index (χ0v) is 18.6. The second kappa shape index (κ2) is 9.13. The van der Waals surface area contributed by atoms with Crippen LogP contribution >= 0.6 is 0 Å². The van der Waals surface area contributed by atoms with Gasteiger partial charge in [-0.3, -0.25) is 9.48 Å². The molecule has 0 bridgehead atoms. The van der Waals surface area contributed by atoms with Gasteiger partial charge in [0.15, 0.2) is 0 Å². The quantitative estimate of drug-likeness (QED) is 0.523. The summed E-state index contributed by atoms with van der Waals surface area (Å²) in [6, 6.07) is 7.27. The highest BCUT2D eigenvalue weighted by Gasteiger charge is 2.33. The molecule has 0 spiro atoms. The van der Waals surface area contributed by atoms with E-state index in [1.807, 2.05) is 36.9 Å². The monoisotopic (exact) mass is 460 g/mol. The van der Waals surface area contributed by atoms with Crippen molar-refractivity contribution in [1.82, 2.24) is 14.8 Å². The fourth-order valence-electron chi connectivity index (χ4n) is 4.38. The summed E-state index contributed by atoms with van der Waals surface area (Å²) in [5.74, 6) is -0.286. The van der Waals surface area contributed by atoms with Crippen LogP contribution in [0.2, 0.25) is 0 Å². The smallest absolute Gasteiger partial charge is 0.396 e. The van der Waals surface area contributed by atoms with Crippen LogP contribution < -0.4 is 5.32 Å². The molecule has 1 aliphatic carbocycles. The predicted octanol–water partition coefficient (Wildman–Crippen LogP) is 5.55. The molecule has 176 valence electrons. The van der Waals surface area contributed by atoms with Crippen molar-refractivity contribution in [1.29, 1.82) is 0 Å². The van der Waals surface area contributed by atoms with Crippen molar-refractivity contribution in [2.75, 3.05) is 11.9 Å². The first-order chi connectivity index (χ1) is 15.7. The molecule has 0 saturated heterocycles. The van der Waals surface area contributed by atoms with E-state index >= 15 is 0 Å². The molecule has 1 amide bonds. The van der Waals surface area contributed by atoms with Gasteiger partial charge in [0.2, 0.25) is 0 Å². The first-order valence-electron chi connectivity index (χ1n) is 11.1. The van der Waals surface area contributed by atoms with Crippen molar-refractivity contribution in [3.63, 3.8) is 0 Å². The molecule has 2 heterocycles. The van der Waals surface area contributed by atoms with Crippen molar-refractivity contribution < 1.29 is 23.1 Å². The Kier molecular flexibility index (Phi) is 6.43. The highest BCUT2D eigenvalue weighted by Crippen LogP contribution is 2.35. The average Bonchev–Trinajstić information content (AvgIpc) is 3.21. The van der Waals surface area contributed by atoms with E-state index in [9.17, 15) is 23.1 Å². The zero-order valence-electron chi connectivity index (χ0n) is 18.6. The van der Waals surface area contributed by atoms with E-state index in [0.717, 1.165) is 48.2 Å². The number of carbonyl (C=O) groups is 1. The molecular weight excluding hydrogens is 433 g/mol. The zero-order chi connectivity index (χ0) is 23.8. The highest BCUT2D eigenvalue weighted by atomic mass is 19.4. The number of hydrogen-bond acceptors (Lipinski definition) is 4.